The summed E-state index contributed by atoms with van der Waals surface area (Å²) in [6.07, 6.45) is 3.82. The van der Waals surface area contributed by atoms with Crippen molar-refractivity contribution in [3.05, 3.63) is 0 Å². The molecule has 0 aromatic heterocycles. The molecule has 0 bridgehead atoms. The van der Waals surface area contributed by atoms with E-state index in [1.165, 1.54) is 12.8 Å². The minimum Gasteiger partial charge on any atom is -0.330 e. The Hall–Kier alpha value is -0.0800. The average molecular weight is 170 g/mol. The zero-order chi connectivity index (χ0) is 9.24. The predicted octanol–water partition coefficient (Wildman–Crippen LogP) is 1.50. The van der Waals surface area contributed by atoms with Gasteiger partial charge in [0.1, 0.15) is 0 Å². The van der Waals surface area contributed by atoms with Crippen molar-refractivity contribution in [2.75, 3.05) is 13.1 Å². The summed E-state index contributed by atoms with van der Waals surface area (Å²) in [5, 5.41) is 3.60. The highest BCUT2D eigenvalue weighted by Gasteiger charge is 2.38. The van der Waals surface area contributed by atoms with E-state index in [0.29, 0.717) is 11.0 Å². The van der Waals surface area contributed by atoms with Gasteiger partial charge in [-0.25, -0.2) is 0 Å². The Balaban J connectivity index is 2.28. The first-order chi connectivity index (χ1) is 5.54. The van der Waals surface area contributed by atoms with Gasteiger partial charge in [-0.2, -0.15) is 0 Å². The van der Waals surface area contributed by atoms with Crippen LogP contribution >= 0.6 is 0 Å². The van der Waals surface area contributed by atoms with Crippen LogP contribution in [0.15, 0.2) is 0 Å². The smallest absolute Gasteiger partial charge is 0.0154 e. The van der Waals surface area contributed by atoms with Gasteiger partial charge >= 0.3 is 0 Å². The molecule has 12 heavy (non-hydrogen) atoms. The molecule has 0 aliphatic heterocycles. The topological polar surface area (TPSA) is 38.0 Å². The maximum atomic E-state index is 5.73. The Morgan fingerprint density at radius 3 is 2.42 bits per heavy atom. The number of nitrogens with two attached hydrogens (primary N) is 1. The zero-order valence-electron chi connectivity index (χ0n) is 8.61. The van der Waals surface area contributed by atoms with Crippen LogP contribution in [0.1, 0.15) is 40.0 Å². The number of hydrogen-bond donors (Lipinski definition) is 2. The molecule has 3 N–H and O–H groups in total. The van der Waals surface area contributed by atoms with Crippen LogP contribution in [0.25, 0.3) is 0 Å². The third-order valence-electron chi connectivity index (χ3n) is 3.29. The van der Waals surface area contributed by atoms with E-state index >= 15 is 0 Å². The monoisotopic (exact) mass is 170 g/mol. The normalized spacial score (nSPS) is 25.0. The Morgan fingerprint density at radius 1 is 1.50 bits per heavy atom. The lowest BCUT2D eigenvalue weighted by molar-refractivity contribution is 0.286. The highest BCUT2D eigenvalue weighted by Crippen LogP contribution is 2.35. The van der Waals surface area contributed by atoms with E-state index in [4.69, 9.17) is 5.73 Å². The lowest BCUT2D eigenvalue weighted by atomic mass is 9.87. The maximum Gasteiger partial charge on any atom is 0.0154 e. The van der Waals surface area contributed by atoms with Crippen LogP contribution < -0.4 is 11.1 Å². The summed E-state index contributed by atoms with van der Waals surface area (Å²) in [6, 6.07) is 0. The summed E-state index contributed by atoms with van der Waals surface area (Å²) in [5.74, 6) is 0. The van der Waals surface area contributed by atoms with Crippen LogP contribution in [0.4, 0.5) is 0 Å². The van der Waals surface area contributed by atoms with Crippen molar-refractivity contribution >= 4 is 0 Å². The zero-order valence-corrected chi connectivity index (χ0v) is 8.61. The van der Waals surface area contributed by atoms with Gasteiger partial charge in [0.2, 0.25) is 0 Å². The molecule has 0 amide bonds. The van der Waals surface area contributed by atoms with Gasteiger partial charge < -0.3 is 11.1 Å². The summed E-state index contributed by atoms with van der Waals surface area (Å²) in [7, 11) is 0. The van der Waals surface area contributed by atoms with E-state index < -0.39 is 0 Å². The van der Waals surface area contributed by atoms with Crippen molar-refractivity contribution < 1.29 is 0 Å². The molecule has 0 aromatic rings. The van der Waals surface area contributed by atoms with Crippen molar-refractivity contribution in [3.8, 4) is 0 Å². The Kier molecular flexibility index (Phi) is 2.79. The first-order valence-electron chi connectivity index (χ1n) is 4.99. The van der Waals surface area contributed by atoms with Gasteiger partial charge in [-0.05, 0) is 38.1 Å². The Bertz CT molecular complexity index is 146. The Labute approximate surface area is 75.9 Å². The first kappa shape index (κ1) is 10.0. The fourth-order valence-corrected chi connectivity index (χ4v) is 1.13. The van der Waals surface area contributed by atoms with Crippen molar-refractivity contribution in [1.82, 2.24) is 5.32 Å². The molecular weight excluding hydrogens is 148 g/mol. The van der Waals surface area contributed by atoms with E-state index in [-0.39, 0.29) is 0 Å². The van der Waals surface area contributed by atoms with Crippen LogP contribution in [0.2, 0.25) is 0 Å². The molecule has 1 aliphatic carbocycles. The van der Waals surface area contributed by atoms with E-state index in [1.807, 2.05) is 0 Å². The fourth-order valence-electron chi connectivity index (χ4n) is 1.13. The lowest BCUT2D eigenvalue weighted by Crippen LogP contribution is -2.41. The molecule has 0 heterocycles. The van der Waals surface area contributed by atoms with Gasteiger partial charge in [-0.3, -0.25) is 0 Å². The van der Waals surface area contributed by atoms with Gasteiger partial charge in [-0.1, -0.05) is 13.8 Å². The molecule has 72 valence electrons. The van der Waals surface area contributed by atoms with Gasteiger partial charge in [0.05, 0.1) is 0 Å². The highest BCUT2D eigenvalue weighted by atomic mass is 15.0. The van der Waals surface area contributed by atoms with E-state index in [2.05, 4.69) is 26.1 Å². The van der Waals surface area contributed by atoms with Crippen LogP contribution in [-0.2, 0) is 0 Å². The van der Waals surface area contributed by atoms with Crippen molar-refractivity contribution in [1.29, 1.82) is 0 Å². The number of hydrogen-bond acceptors (Lipinski definition) is 2. The average Bonchev–Trinajstić information content (AvgIpc) is 2.81. The SMILES string of the molecule is CCC(C)(CN)CNC1(C)CC1. The molecule has 1 aliphatic rings. The van der Waals surface area contributed by atoms with Gasteiger partial charge in [0, 0.05) is 12.1 Å². The minimum absolute atomic E-state index is 0.297. The van der Waals surface area contributed by atoms with Crippen LogP contribution in [0, 0.1) is 5.41 Å². The molecule has 1 atom stereocenters. The minimum atomic E-state index is 0.297. The second-order valence-corrected chi connectivity index (χ2v) is 4.78. The maximum absolute atomic E-state index is 5.73. The third kappa shape index (κ3) is 2.46. The molecule has 0 aromatic carbocycles. The van der Waals surface area contributed by atoms with E-state index in [9.17, 15) is 0 Å². The summed E-state index contributed by atoms with van der Waals surface area (Å²) < 4.78 is 0. The standard InChI is InChI=1S/C10H22N2/c1-4-9(2,7-11)8-12-10(3)5-6-10/h12H,4-8,11H2,1-3H3. The second kappa shape index (κ2) is 3.35. The molecule has 1 unspecified atom stereocenters. The lowest BCUT2D eigenvalue weighted by Gasteiger charge is -2.28. The van der Waals surface area contributed by atoms with Crippen LogP contribution in [-0.4, -0.2) is 18.6 Å². The fraction of sp³-hybridized carbons (Fsp3) is 1.00. The van der Waals surface area contributed by atoms with Crippen LogP contribution in [0.5, 0.6) is 0 Å². The molecule has 0 spiro atoms. The van der Waals surface area contributed by atoms with Crippen molar-refractivity contribution in [2.24, 2.45) is 11.1 Å². The molecule has 2 nitrogen and oxygen atoms in total. The third-order valence-corrected chi connectivity index (χ3v) is 3.29. The van der Waals surface area contributed by atoms with Gasteiger partial charge in [-0.15, -0.1) is 0 Å². The largest absolute Gasteiger partial charge is 0.330 e. The van der Waals surface area contributed by atoms with Gasteiger partial charge in [0.25, 0.3) is 0 Å². The highest BCUT2D eigenvalue weighted by molar-refractivity contribution is 4.98. The van der Waals surface area contributed by atoms with Gasteiger partial charge in [0.15, 0.2) is 0 Å². The second-order valence-electron chi connectivity index (χ2n) is 4.78. The van der Waals surface area contributed by atoms with E-state index in [0.717, 1.165) is 19.5 Å². The van der Waals surface area contributed by atoms with Crippen molar-refractivity contribution in [3.63, 3.8) is 0 Å². The summed E-state index contributed by atoms with van der Waals surface area (Å²) in [5.41, 5.74) is 6.47. The Morgan fingerprint density at radius 2 is 2.08 bits per heavy atom. The first-order valence-corrected chi connectivity index (χ1v) is 4.99. The molecule has 0 radical (unpaired) electrons. The molecule has 0 saturated heterocycles. The van der Waals surface area contributed by atoms with E-state index in [1.54, 1.807) is 0 Å². The van der Waals surface area contributed by atoms with Crippen molar-refractivity contribution in [2.45, 2.75) is 45.6 Å². The quantitative estimate of drug-likeness (QED) is 0.656. The molecule has 1 fully saturated rings. The predicted molar refractivity (Wildman–Crippen MR) is 53.1 cm³/mol. The molecule has 2 heteroatoms. The summed E-state index contributed by atoms with van der Waals surface area (Å²) >= 11 is 0. The number of nitrogens with one attached hydrogen (secondary N) is 1. The number of rotatable bonds is 5. The molecular formula is C10H22N2. The van der Waals surface area contributed by atoms with Crippen LogP contribution in [0.3, 0.4) is 0 Å². The molecule has 1 saturated carbocycles. The summed E-state index contributed by atoms with van der Waals surface area (Å²) in [6.45, 7) is 8.61. The molecule has 1 rings (SSSR count). The summed E-state index contributed by atoms with van der Waals surface area (Å²) in [4.78, 5) is 0.